The van der Waals surface area contributed by atoms with Gasteiger partial charge in [0, 0.05) is 19.0 Å². The van der Waals surface area contributed by atoms with Crippen LogP contribution in [-0.4, -0.2) is 57.9 Å². The first-order valence-electron chi connectivity index (χ1n) is 15.6. The van der Waals surface area contributed by atoms with Crippen molar-refractivity contribution >= 4 is 41.3 Å². The molecule has 6 N–H and O–H groups in total. The predicted octanol–water partition coefficient (Wildman–Crippen LogP) is 3.91. The minimum absolute atomic E-state index is 0. The third-order valence-electron chi connectivity index (χ3n) is 6.89. The fraction of sp³-hybridized carbons (Fsp3) is 0.429. The van der Waals surface area contributed by atoms with Gasteiger partial charge in [-0.2, -0.15) is 0 Å². The Morgan fingerprint density at radius 2 is 1.44 bits per heavy atom. The second-order valence-electron chi connectivity index (χ2n) is 11.5. The average Bonchev–Trinajstić information content (AvgIpc) is 3.01. The summed E-state index contributed by atoms with van der Waals surface area (Å²) in [5.74, 6) is -3.39. The summed E-state index contributed by atoms with van der Waals surface area (Å²) in [5, 5.41) is 27.8. The average molecular weight is 837 g/mol. The van der Waals surface area contributed by atoms with Crippen molar-refractivity contribution in [3.05, 3.63) is 78.7 Å². The zero-order valence-corrected chi connectivity index (χ0v) is 31.1. The summed E-state index contributed by atoms with van der Waals surface area (Å²) >= 11 is 0. The summed E-state index contributed by atoms with van der Waals surface area (Å²) in [7, 11) is 0. The number of carbonyl (C=O) groups is 6. The molecule has 0 aromatic heterocycles. The van der Waals surface area contributed by atoms with E-state index in [1.54, 1.807) is 6.54 Å². The van der Waals surface area contributed by atoms with Crippen LogP contribution in [0.1, 0.15) is 71.4 Å². The Bertz CT molecular complexity index is 1310. The van der Waals surface area contributed by atoms with E-state index < -0.39 is 41.7 Å². The third-order valence-corrected chi connectivity index (χ3v) is 6.89. The van der Waals surface area contributed by atoms with Crippen LogP contribution < -0.4 is 21.3 Å². The first-order valence-corrected chi connectivity index (χ1v) is 15.6. The van der Waals surface area contributed by atoms with E-state index >= 15 is 0 Å². The van der Waals surface area contributed by atoms with Crippen molar-refractivity contribution in [2.75, 3.05) is 5.32 Å². The molecule has 12 nitrogen and oxygen atoms in total. The van der Waals surface area contributed by atoms with Gasteiger partial charge in [0.1, 0.15) is 12.1 Å². The molecule has 13 heteroatoms. The normalized spacial score (nSPS) is 12.0. The molecule has 0 aliphatic carbocycles. The maximum Gasteiger partial charge on any atom is 2.00 e. The summed E-state index contributed by atoms with van der Waals surface area (Å²) in [6.45, 7) is 10.9. The Morgan fingerprint density at radius 3 is 1.96 bits per heavy atom. The van der Waals surface area contributed by atoms with Gasteiger partial charge < -0.3 is 36.3 Å². The van der Waals surface area contributed by atoms with Gasteiger partial charge in [-0.1, -0.05) is 88.6 Å². The first-order chi connectivity index (χ1) is 22.2. The van der Waals surface area contributed by atoms with E-state index in [-0.39, 0.29) is 52.2 Å². The second-order valence-corrected chi connectivity index (χ2v) is 11.5. The van der Waals surface area contributed by atoms with Crippen LogP contribution in [0, 0.1) is 24.8 Å². The quantitative estimate of drug-likeness (QED) is 0.122. The molecule has 0 spiro atoms. The molecule has 0 saturated carbocycles. The first kappa shape index (κ1) is 43.8. The van der Waals surface area contributed by atoms with E-state index in [0.717, 1.165) is 18.4 Å². The minimum Gasteiger partial charge on any atom is -0.504 e. The minimum atomic E-state index is -1.06. The van der Waals surface area contributed by atoms with Gasteiger partial charge in [-0.15, -0.1) is 6.42 Å². The predicted molar refractivity (Wildman–Crippen MR) is 179 cm³/mol. The molecule has 2 aromatic rings. The molecule has 0 bridgehead atoms. The molecule has 4 amide bonds. The van der Waals surface area contributed by atoms with Gasteiger partial charge in [0.2, 0.25) is 17.7 Å². The van der Waals surface area contributed by atoms with Crippen LogP contribution in [0.4, 0.5) is 5.69 Å². The molecule has 0 fully saturated rings. The molecular formula is C35H48N4O8W. The van der Waals surface area contributed by atoms with Crippen LogP contribution in [0.5, 0.6) is 0 Å². The summed E-state index contributed by atoms with van der Waals surface area (Å²) < 4.78 is 0. The van der Waals surface area contributed by atoms with Crippen molar-refractivity contribution in [2.45, 2.75) is 85.2 Å². The van der Waals surface area contributed by atoms with Gasteiger partial charge in [0.05, 0.1) is 5.91 Å². The second kappa shape index (κ2) is 24.0. The van der Waals surface area contributed by atoms with Crippen molar-refractivity contribution in [3.8, 4) is 0 Å². The van der Waals surface area contributed by atoms with Crippen molar-refractivity contribution in [1.29, 1.82) is 0 Å². The molecule has 2 rings (SSSR count). The van der Waals surface area contributed by atoms with Crippen molar-refractivity contribution in [1.82, 2.24) is 16.0 Å². The van der Waals surface area contributed by atoms with Crippen LogP contribution in [0.25, 0.3) is 0 Å². The molecule has 48 heavy (non-hydrogen) atoms. The molecule has 262 valence electrons. The number of carboxylic acids is 2. The topological polar surface area (TPSA) is 191 Å². The molecule has 0 radical (unpaired) electrons. The van der Waals surface area contributed by atoms with Crippen LogP contribution in [0.3, 0.4) is 0 Å². The van der Waals surface area contributed by atoms with Crippen molar-refractivity contribution < 1.29 is 60.0 Å². The van der Waals surface area contributed by atoms with Gasteiger partial charge in [0.25, 0.3) is 5.97 Å². The Kier molecular flexibility index (Phi) is 21.9. The zero-order chi connectivity index (χ0) is 35.4. The fourth-order valence-electron chi connectivity index (χ4n) is 4.27. The van der Waals surface area contributed by atoms with Crippen LogP contribution in [-0.2, 0) is 62.7 Å². The number of amides is 4. The zero-order valence-electron chi connectivity index (χ0n) is 28.2. The van der Waals surface area contributed by atoms with Gasteiger partial charge in [0.15, 0.2) is 0 Å². The Balaban J connectivity index is 0.000000999. The number of benzene rings is 2. The van der Waals surface area contributed by atoms with E-state index in [4.69, 9.17) is 10.2 Å². The molecule has 3 unspecified atom stereocenters. The summed E-state index contributed by atoms with van der Waals surface area (Å²) in [4.78, 5) is 69.2. The molecule has 0 heterocycles. The molecular weight excluding hydrogens is 788 g/mol. The SMILES string of the molecule is CC(C)Cc1ccc(NC(=O)[CH-]CC(=O)O)cc1.CCC(C)C(NC(C)=O)C(=O)NC(CCC(=O)O)C(=O)N[CH-]Cc1ccccc1.[W+2]. The van der Waals surface area contributed by atoms with Gasteiger partial charge in [-0.25, -0.2) is 6.54 Å². The Labute approximate surface area is 297 Å². The number of hydrogen-bond acceptors (Lipinski definition) is 6. The smallest absolute Gasteiger partial charge is 0.504 e. The number of rotatable bonds is 18. The van der Waals surface area contributed by atoms with Crippen LogP contribution >= 0.6 is 0 Å². The number of carboxylic acid groups (broad SMARTS) is 2. The number of aliphatic carboxylic acids is 2. The van der Waals surface area contributed by atoms with Crippen molar-refractivity contribution in [2.24, 2.45) is 11.8 Å². The van der Waals surface area contributed by atoms with Crippen molar-refractivity contribution in [3.63, 3.8) is 0 Å². The summed E-state index contributed by atoms with van der Waals surface area (Å²) in [5.41, 5.74) is 2.90. The number of carbonyl (C=O) groups excluding carboxylic acids is 4. The Hall–Kier alpha value is -4.18. The summed E-state index contributed by atoms with van der Waals surface area (Å²) in [6, 6.07) is 15.2. The maximum absolute atomic E-state index is 12.7. The van der Waals surface area contributed by atoms with Crippen LogP contribution in [0.2, 0.25) is 0 Å². The van der Waals surface area contributed by atoms with E-state index in [9.17, 15) is 28.8 Å². The van der Waals surface area contributed by atoms with Crippen LogP contribution in [0.15, 0.2) is 54.6 Å². The van der Waals surface area contributed by atoms with Gasteiger partial charge in [-0.3, -0.25) is 30.4 Å². The van der Waals surface area contributed by atoms with E-state index in [0.29, 0.717) is 24.4 Å². The fourth-order valence-corrected chi connectivity index (χ4v) is 4.27. The van der Waals surface area contributed by atoms with Gasteiger partial charge in [-0.05, 0) is 42.4 Å². The van der Waals surface area contributed by atoms with E-state index in [1.807, 2.05) is 68.4 Å². The van der Waals surface area contributed by atoms with Gasteiger partial charge >= 0.3 is 27.0 Å². The van der Waals surface area contributed by atoms with E-state index in [2.05, 4.69) is 35.1 Å². The number of nitrogens with one attached hydrogen (secondary N) is 4. The Morgan fingerprint density at radius 1 is 0.812 bits per heavy atom. The largest absolute Gasteiger partial charge is 2.00 e. The molecule has 3 atom stereocenters. The number of hydrogen-bond donors (Lipinski definition) is 6. The number of anilines is 1. The molecule has 0 saturated heterocycles. The molecule has 0 aliphatic rings. The standard InChI is InChI=1S/C21H30N3O5.C14H18NO3.W/c1-4-14(2)19(23-15(3)25)21(29)24-17(10-11-18(26)27)20(28)22-13-12-16-8-6-5-7-9-16;1-10(2)9-11-3-5-12(6-4-11)15-13(16)7-8-14(17)18;/h5-9,13-14,17,19H,4,10-12H2,1-3H3,(H,22,28)(H,23,25)(H,24,29)(H,26,27);3-7,10H,8-9H2,1-2H3,(H,15,16)(H,17,18);/q2*-1;+2. The monoisotopic (exact) mass is 836 g/mol. The maximum atomic E-state index is 12.7. The molecule has 0 aliphatic heterocycles. The molecule has 2 aromatic carbocycles. The third kappa shape index (κ3) is 19.5. The van der Waals surface area contributed by atoms with E-state index in [1.165, 1.54) is 12.5 Å². The summed E-state index contributed by atoms with van der Waals surface area (Å²) in [6.07, 6.45) is 2.66.